The number of nitrogens with one attached hydrogen (secondary N) is 2. The summed E-state index contributed by atoms with van der Waals surface area (Å²) in [4.78, 5) is 44.5. The molecule has 3 amide bonds. The van der Waals surface area contributed by atoms with E-state index >= 15 is 0 Å². The van der Waals surface area contributed by atoms with Gasteiger partial charge in [-0.05, 0) is 55.2 Å². The lowest BCUT2D eigenvalue weighted by Crippen LogP contribution is -2.48. The first-order valence-electron chi connectivity index (χ1n) is 16.8. The third-order valence-corrected chi connectivity index (χ3v) is 9.92. The highest BCUT2D eigenvalue weighted by atomic mass is 31.2. The van der Waals surface area contributed by atoms with Crippen molar-refractivity contribution in [2.24, 2.45) is 5.92 Å². The summed E-state index contributed by atoms with van der Waals surface area (Å²) in [5, 5.41) is 6.99. The van der Waals surface area contributed by atoms with Gasteiger partial charge in [0, 0.05) is 19.8 Å². The van der Waals surface area contributed by atoms with Crippen LogP contribution in [0.15, 0.2) is 65.1 Å². The molecular formula is C36H50N3O9P. The maximum Gasteiger partial charge on any atom is 0.360 e. The number of hydroxylamine groups is 2. The highest BCUT2D eigenvalue weighted by Crippen LogP contribution is 2.46. The number of hydrogen-bond acceptors (Lipinski definition) is 9. The van der Waals surface area contributed by atoms with Crippen LogP contribution in [0.25, 0.3) is 11.3 Å². The Balaban J connectivity index is 1.70. The molecule has 49 heavy (non-hydrogen) atoms. The van der Waals surface area contributed by atoms with Gasteiger partial charge in [0.2, 0.25) is 12.3 Å². The van der Waals surface area contributed by atoms with Crippen molar-refractivity contribution >= 4 is 31.1 Å². The molecule has 0 saturated heterocycles. The fraction of sp³-hybridized carbons (Fsp3) is 0.472. The number of carbonyl (C=O) groups is 3. The van der Waals surface area contributed by atoms with Gasteiger partial charge >= 0.3 is 7.60 Å². The van der Waals surface area contributed by atoms with E-state index in [2.05, 4.69) is 17.6 Å². The van der Waals surface area contributed by atoms with Crippen LogP contribution in [0.1, 0.15) is 81.8 Å². The fourth-order valence-electron chi connectivity index (χ4n) is 5.31. The molecule has 0 unspecified atom stereocenters. The normalized spacial score (nSPS) is 12.6. The Morgan fingerprint density at radius 1 is 0.939 bits per heavy atom. The van der Waals surface area contributed by atoms with Crippen molar-refractivity contribution < 1.29 is 42.0 Å². The average molecular weight is 700 g/mol. The molecule has 0 aliphatic rings. The SMILES string of the molecule is CCCCC[C@@H](C(=O)NCNC(=O)c1ccc(-c2cc(OCCCC)cc(P(=O)(OC)OC)c2)o1)[C@@H](CC)N(C=O)OCc1ccccc1. The molecule has 0 aliphatic heterocycles. The summed E-state index contributed by atoms with van der Waals surface area (Å²) in [7, 11) is -1.00. The zero-order valence-corrected chi connectivity index (χ0v) is 30.0. The third-order valence-electron chi connectivity index (χ3n) is 8.07. The average Bonchev–Trinajstić information content (AvgIpc) is 3.63. The van der Waals surface area contributed by atoms with Gasteiger partial charge < -0.3 is 28.8 Å². The minimum atomic E-state index is -3.61. The zero-order valence-electron chi connectivity index (χ0n) is 29.1. The van der Waals surface area contributed by atoms with Gasteiger partial charge in [-0.25, -0.2) is 5.06 Å². The van der Waals surface area contributed by atoms with Crippen molar-refractivity contribution in [2.75, 3.05) is 27.5 Å². The molecule has 2 aromatic carbocycles. The molecule has 3 rings (SSSR count). The van der Waals surface area contributed by atoms with Gasteiger partial charge in [-0.3, -0.25) is 23.8 Å². The van der Waals surface area contributed by atoms with Gasteiger partial charge in [-0.2, -0.15) is 0 Å². The lowest BCUT2D eigenvalue weighted by Gasteiger charge is -2.32. The molecule has 0 bridgehead atoms. The van der Waals surface area contributed by atoms with E-state index in [1.165, 1.54) is 25.3 Å². The van der Waals surface area contributed by atoms with E-state index in [9.17, 15) is 18.9 Å². The van der Waals surface area contributed by atoms with E-state index in [-0.39, 0.29) is 30.2 Å². The number of carbonyl (C=O) groups excluding carboxylic acids is 3. The van der Waals surface area contributed by atoms with Gasteiger partial charge in [0.1, 0.15) is 18.1 Å². The van der Waals surface area contributed by atoms with Crippen LogP contribution in [-0.2, 0) is 34.6 Å². The summed E-state index contributed by atoms with van der Waals surface area (Å²) in [6, 6.07) is 17.1. The second-order valence-electron chi connectivity index (χ2n) is 11.5. The lowest BCUT2D eigenvalue weighted by molar-refractivity contribution is -0.200. The number of rotatable bonds is 23. The number of furan rings is 1. The molecule has 0 radical (unpaired) electrons. The molecule has 12 nitrogen and oxygen atoms in total. The molecule has 0 saturated carbocycles. The highest BCUT2D eigenvalue weighted by molar-refractivity contribution is 7.62. The summed E-state index contributed by atoms with van der Waals surface area (Å²) in [6.45, 7) is 6.54. The number of amides is 3. The minimum Gasteiger partial charge on any atom is -0.494 e. The molecular weight excluding hydrogens is 649 g/mol. The van der Waals surface area contributed by atoms with E-state index in [0.717, 1.165) is 37.7 Å². The van der Waals surface area contributed by atoms with Gasteiger partial charge in [-0.15, -0.1) is 0 Å². The molecule has 13 heteroatoms. The quantitative estimate of drug-likeness (QED) is 0.0367. The molecule has 0 aliphatic carbocycles. The first-order valence-corrected chi connectivity index (χ1v) is 18.3. The standard InChI is InChI=1S/C36H50N3O9P/c1-6-9-12-17-31(32(8-3)39(26-40)47-24-27-15-13-11-14-16-27)35(41)37-25-38-36(42)34-19-18-33(48-34)28-21-29(46-20-10-7-2)23-30(22-28)49(43,44-4)45-5/h11,13-16,18-19,21-23,26,31-32H,6-10,12,17,20,24-25H2,1-5H3,(H,37,41)(H,38,42)/t31-,32-/m1/s1. The summed E-state index contributed by atoms with van der Waals surface area (Å²) in [5.41, 5.74) is 1.42. The minimum absolute atomic E-state index is 0.0112. The Morgan fingerprint density at radius 3 is 2.33 bits per heavy atom. The van der Waals surface area contributed by atoms with Crippen molar-refractivity contribution in [3.63, 3.8) is 0 Å². The van der Waals surface area contributed by atoms with Crippen LogP contribution in [0.4, 0.5) is 0 Å². The highest BCUT2D eigenvalue weighted by Gasteiger charge is 2.32. The summed E-state index contributed by atoms with van der Waals surface area (Å²) in [5.74, 6) is -0.597. The Bertz CT molecular complexity index is 1510. The van der Waals surface area contributed by atoms with Crippen LogP contribution in [0.3, 0.4) is 0 Å². The predicted molar refractivity (Wildman–Crippen MR) is 187 cm³/mol. The molecule has 0 fully saturated rings. The maximum absolute atomic E-state index is 13.5. The van der Waals surface area contributed by atoms with Crippen LogP contribution in [0.5, 0.6) is 5.75 Å². The Kier molecular flexibility index (Phi) is 16.5. The monoisotopic (exact) mass is 699 g/mol. The van der Waals surface area contributed by atoms with Crippen LogP contribution in [0, 0.1) is 5.92 Å². The molecule has 268 valence electrons. The Labute approximate surface area is 289 Å². The Hall–Kier alpha value is -3.96. The van der Waals surface area contributed by atoms with Crippen molar-refractivity contribution in [3.8, 4) is 17.1 Å². The van der Waals surface area contributed by atoms with Gasteiger partial charge in [0.05, 0.1) is 30.5 Å². The van der Waals surface area contributed by atoms with Crippen molar-refractivity contribution in [3.05, 3.63) is 72.0 Å². The van der Waals surface area contributed by atoms with Crippen molar-refractivity contribution in [1.29, 1.82) is 0 Å². The van der Waals surface area contributed by atoms with Crippen LogP contribution in [0.2, 0.25) is 0 Å². The topological polar surface area (TPSA) is 146 Å². The van der Waals surface area contributed by atoms with E-state index < -0.39 is 25.5 Å². The first kappa shape index (κ1) is 39.5. The van der Waals surface area contributed by atoms with Crippen LogP contribution >= 0.6 is 7.60 Å². The summed E-state index contributed by atoms with van der Waals surface area (Å²) in [6.07, 6.45) is 6.16. The number of unbranched alkanes of at least 4 members (excludes halogenated alkanes) is 3. The first-order chi connectivity index (χ1) is 23.7. The maximum atomic E-state index is 13.5. The van der Waals surface area contributed by atoms with Crippen LogP contribution < -0.4 is 20.7 Å². The predicted octanol–water partition coefficient (Wildman–Crippen LogP) is 6.61. The molecule has 1 heterocycles. The molecule has 2 atom stereocenters. The van der Waals surface area contributed by atoms with Gasteiger partial charge in [0.25, 0.3) is 5.91 Å². The molecule has 1 aromatic heterocycles. The summed E-state index contributed by atoms with van der Waals surface area (Å²) < 4.78 is 35.3. The smallest absolute Gasteiger partial charge is 0.360 e. The molecule has 2 N–H and O–H groups in total. The second-order valence-corrected chi connectivity index (χ2v) is 13.7. The fourth-order valence-corrected chi connectivity index (χ4v) is 6.47. The lowest BCUT2D eigenvalue weighted by atomic mass is 9.90. The van der Waals surface area contributed by atoms with E-state index in [0.29, 0.717) is 42.9 Å². The Morgan fingerprint density at radius 2 is 1.67 bits per heavy atom. The largest absolute Gasteiger partial charge is 0.494 e. The third kappa shape index (κ3) is 11.6. The number of hydrogen-bond donors (Lipinski definition) is 2. The molecule has 3 aromatic rings. The van der Waals surface area contributed by atoms with Crippen LogP contribution in [-0.4, -0.2) is 56.8 Å². The second kappa shape index (κ2) is 20.5. The number of ether oxygens (including phenoxy) is 1. The van der Waals surface area contributed by atoms with E-state index in [4.69, 9.17) is 23.0 Å². The van der Waals surface area contributed by atoms with Crippen molar-refractivity contribution in [2.45, 2.75) is 78.4 Å². The number of benzene rings is 2. The zero-order chi connectivity index (χ0) is 35.6. The molecule has 0 spiro atoms. The number of nitrogens with zero attached hydrogens (tertiary/aromatic N) is 1. The van der Waals surface area contributed by atoms with Gasteiger partial charge in [0.15, 0.2) is 5.76 Å². The van der Waals surface area contributed by atoms with Crippen molar-refractivity contribution in [1.82, 2.24) is 15.7 Å². The summed E-state index contributed by atoms with van der Waals surface area (Å²) >= 11 is 0. The van der Waals surface area contributed by atoms with E-state index in [1.807, 2.05) is 44.2 Å². The van der Waals surface area contributed by atoms with E-state index in [1.54, 1.807) is 24.3 Å². The van der Waals surface area contributed by atoms with Gasteiger partial charge in [-0.1, -0.05) is 76.8 Å².